The number of likely N-dealkylation sites (N-methyl/N-ethyl adjacent to an activating group) is 1. The Balaban J connectivity index is 0.00000200. The first-order valence-corrected chi connectivity index (χ1v) is 6.30. The van der Waals surface area contributed by atoms with Gasteiger partial charge in [-0.2, -0.15) is 0 Å². The van der Waals surface area contributed by atoms with Gasteiger partial charge in [0.1, 0.15) is 0 Å². The van der Waals surface area contributed by atoms with Crippen LogP contribution in [0.5, 0.6) is 0 Å². The Morgan fingerprint density at radius 3 is 2.95 bits per heavy atom. The molecule has 1 aromatic carbocycles. The normalized spacial score (nSPS) is 14.2. The Morgan fingerprint density at radius 2 is 2.25 bits per heavy atom. The Bertz CT molecular complexity index is 481. The molecule has 1 aliphatic rings. The zero-order valence-electron chi connectivity index (χ0n) is 11.3. The number of carbonyl (C=O) groups excluding carboxylic acids is 2. The van der Waals surface area contributed by atoms with Crippen LogP contribution in [0.15, 0.2) is 24.3 Å². The predicted octanol–water partition coefficient (Wildman–Crippen LogP) is 1.19. The van der Waals surface area contributed by atoms with E-state index < -0.39 is 0 Å². The molecule has 0 aliphatic carbocycles. The molecule has 20 heavy (non-hydrogen) atoms. The van der Waals surface area contributed by atoms with Crippen molar-refractivity contribution in [2.75, 3.05) is 36.9 Å². The van der Waals surface area contributed by atoms with E-state index in [1.165, 1.54) is 0 Å². The van der Waals surface area contributed by atoms with E-state index in [0.717, 1.165) is 12.1 Å². The molecule has 2 rings (SSSR count). The van der Waals surface area contributed by atoms with E-state index in [4.69, 9.17) is 0 Å². The van der Waals surface area contributed by atoms with Crippen molar-refractivity contribution in [1.29, 1.82) is 0 Å². The molecule has 1 heterocycles. The number of anilines is 2. The fraction of sp³-hybridized carbons (Fsp3) is 0.385. The molecule has 0 spiro atoms. The fourth-order valence-electron chi connectivity index (χ4n) is 1.99. The quantitative estimate of drug-likeness (QED) is 0.782. The van der Waals surface area contributed by atoms with Crippen LogP contribution in [0.25, 0.3) is 0 Å². The number of benzene rings is 1. The Kier molecular flexibility index (Phi) is 6.27. The zero-order chi connectivity index (χ0) is 13.7. The molecular formula is C13H19ClN4O2. The van der Waals surface area contributed by atoms with Crippen LogP contribution in [0.1, 0.15) is 6.42 Å². The maximum Gasteiger partial charge on any atom is 0.321 e. The molecule has 3 amide bonds. The zero-order valence-corrected chi connectivity index (χ0v) is 12.1. The molecule has 1 saturated heterocycles. The predicted molar refractivity (Wildman–Crippen MR) is 81.6 cm³/mol. The molecule has 0 atom stereocenters. The van der Waals surface area contributed by atoms with Crippen LogP contribution in [0, 0.1) is 0 Å². The maximum absolute atomic E-state index is 11.7. The summed E-state index contributed by atoms with van der Waals surface area (Å²) in [6.45, 7) is 1.67. The third-order valence-electron chi connectivity index (χ3n) is 2.86. The molecule has 0 saturated carbocycles. The Hall–Kier alpha value is -1.79. The van der Waals surface area contributed by atoms with Crippen molar-refractivity contribution in [2.45, 2.75) is 6.42 Å². The van der Waals surface area contributed by atoms with Gasteiger partial charge in [-0.05, 0) is 31.7 Å². The van der Waals surface area contributed by atoms with Crippen molar-refractivity contribution in [3.8, 4) is 0 Å². The second-order valence-corrected chi connectivity index (χ2v) is 4.37. The SMILES string of the molecule is CNCC(=O)Nc1cccc(N2CCCNC2=O)c1.Cl. The van der Waals surface area contributed by atoms with Crippen LogP contribution in [0.2, 0.25) is 0 Å². The number of amides is 3. The molecule has 0 aromatic heterocycles. The van der Waals surface area contributed by atoms with Crippen molar-refractivity contribution < 1.29 is 9.59 Å². The summed E-state index contributed by atoms with van der Waals surface area (Å²) in [4.78, 5) is 24.9. The van der Waals surface area contributed by atoms with Gasteiger partial charge in [-0.1, -0.05) is 6.07 Å². The minimum absolute atomic E-state index is 0. The summed E-state index contributed by atoms with van der Waals surface area (Å²) in [5.74, 6) is -0.109. The van der Waals surface area contributed by atoms with Gasteiger partial charge in [-0.3, -0.25) is 9.69 Å². The first-order valence-electron chi connectivity index (χ1n) is 6.30. The second kappa shape index (κ2) is 7.72. The molecule has 3 N–H and O–H groups in total. The molecule has 0 bridgehead atoms. The number of nitrogens with one attached hydrogen (secondary N) is 3. The summed E-state index contributed by atoms with van der Waals surface area (Å²) in [7, 11) is 1.72. The van der Waals surface area contributed by atoms with Crippen LogP contribution < -0.4 is 20.9 Å². The highest BCUT2D eigenvalue weighted by Crippen LogP contribution is 2.21. The Labute approximate surface area is 124 Å². The van der Waals surface area contributed by atoms with Gasteiger partial charge in [0.15, 0.2) is 0 Å². The van der Waals surface area contributed by atoms with Gasteiger partial charge in [0, 0.05) is 24.5 Å². The van der Waals surface area contributed by atoms with Gasteiger partial charge in [0.05, 0.1) is 6.54 Å². The number of carbonyl (C=O) groups is 2. The van der Waals surface area contributed by atoms with E-state index in [1.54, 1.807) is 24.1 Å². The van der Waals surface area contributed by atoms with Gasteiger partial charge in [-0.15, -0.1) is 12.4 Å². The lowest BCUT2D eigenvalue weighted by Crippen LogP contribution is -2.46. The van der Waals surface area contributed by atoms with E-state index in [0.29, 0.717) is 18.8 Å². The summed E-state index contributed by atoms with van der Waals surface area (Å²) < 4.78 is 0. The molecule has 110 valence electrons. The molecule has 1 aliphatic heterocycles. The summed E-state index contributed by atoms with van der Waals surface area (Å²) in [5, 5.41) is 8.36. The highest BCUT2D eigenvalue weighted by atomic mass is 35.5. The van der Waals surface area contributed by atoms with Crippen LogP contribution >= 0.6 is 12.4 Å². The molecule has 7 heteroatoms. The summed E-state index contributed by atoms with van der Waals surface area (Å²) in [5.41, 5.74) is 1.48. The number of hydrogen-bond donors (Lipinski definition) is 3. The average Bonchev–Trinajstić information content (AvgIpc) is 2.40. The van der Waals surface area contributed by atoms with Crippen LogP contribution in [-0.4, -0.2) is 38.6 Å². The standard InChI is InChI=1S/C13H18N4O2.ClH/c1-14-9-12(18)16-10-4-2-5-11(8-10)17-7-3-6-15-13(17)19;/h2,4-5,8,14H,3,6-7,9H2,1H3,(H,15,19)(H,16,18);1H. The van der Waals surface area contributed by atoms with Crippen molar-refractivity contribution in [1.82, 2.24) is 10.6 Å². The van der Waals surface area contributed by atoms with Crippen LogP contribution in [0.3, 0.4) is 0 Å². The fourth-order valence-corrected chi connectivity index (χ4v) is 1.99. The van der Waals surface area contributed by atoms with Gasteiger partial charge in [0.2, 0.25) is 5.91 Å². The number of hydrogen-bond acceptors (Lipinski definition) is 3. The average molecular weight is 299 g/mol. The topological polar surface area (TPSA) is 73.5 Å². The van der Waals surface area contributed by atoms with Gasteiger partial charge < -0.3 is 16.0 Å². The van der Waals surface area contributed by atoms with Crippen molar-refractivity contribution in [3.63, 3.8) is 0 Å². The number of rotatable bonds is 4. The lowest BCUT2D eigenvalue weighted by atomic mass is 10.2. The van der Waals surface area contributed by atoms with E-state index in [2.05, 4.69) is 16.0 Å². The van der Waals surface area contributed by atoms with E-state index in [-0.39, 0.29) is 30.9 Å². The first-order chi connectivity index (χ1) is 9.20. The molecule has 1 aromatic rings. The molecule has 1 fully saturated rings. The molecular weight excluding hydrogens is 280 g/mol. The van der Waals surface area contributed by atoms with Crippen LogP contribution in [0.4, 0.5) is 16.2 Å². The van der Waals surface area contributed by atoms with E-state index >= 15 is 0 Å². The molecule has 0 unspecified atom stereocenters. The number of halogens is 1. The molecule has 0 radical (unpaired) electrons. The maximum atomic E-state index is 11.7. The minimum Gasteiger partial charge on any atom is -0.338 e. The largest absolute Gasteiger partial charge is 0.338 e. The third kappa shape index (κ3) is 4.11. The highest BCUT2D eigenvalue weighted by Gasteiger charge is 2.19. The monoisotopic (exact) mass is 298 g/mol. The minimum atomic E-state index is -0.109. The Morgan fingerprint density at radius 1 is 1.45 bits per heavy atom. The van der Waals surface area contributed by atoms with Gasteiger partial charge in [-0.25, -0.2) is 4.79 Å². The highest BCUT2D eigenvalue weighted by molar-refractivity contribution is 5.95. The lowest BCUT2D eigenvalue weighted by molar-refractivity contribution is -0.115. The number of urea groups is 1. The van der Waals surface area contributed by atoms with Crippen molar-refractivity contribution >= 4 is 35.7 Å². The van der Waals surface area contributed by atoms with Crippen LogP contribution in [-0.2, 0) is 4.79 Å². The first kappa shape index (κ1) is 16.3. The third-order valence-corrected chi connectivity index (χ3v) is 2.86. The van der Waals surface area contributed by atoms with Crippen molar-refractivity contribution in [2.24, 2.45) is 0 Å². The van der Waals surface area contributed by atoms with E-state index in [9.17, 15) is 9.59 Å². The summed E-state index contributed by atoms with van der Waals surface area (Å²) >= 11 is 0. The lowest BCUT2D eigenvalue weighted by Gasteiger charge is -2.27. The van der Waals surface area contributed by atoms with E-state index in [1.807, 2.05) is 12.1 Å². The molecule has 6 nitrogen and oxygen atoms in total. The summed E-state index contributed by atoms with van der Waals surface area (Å²) in [6.07, 6.45) is 0.919. The smallest absolute Gasteiger partial charge is 0.321 e. The summed E-state index contributed by atoms with van der Waals surface area (Å²) in [6, 6.07) is 7.20. The van der Waals surface area contributed by atoms with Gasteiger partial charge >= 0.3 is 6.03 Å². The second-order valence-electron chi connectivity index (χ2n) is 4.37. The van der Waals surface area contributed by atoms with Gasteiger partial charge in [0.25, 0.3) is 0 Å². The van der Waals surface area contributed by atoms with Crippen molar-refractivity contribution in [3.05, 3.63) is 24.3 Å². The number of nitrogens with zero attached hydrogens (tertiary/aromatic N) is 1.